The normalized spacial score (nSPS) is 24.6. The van der Waals surface area contributed by atoms with Crippen molar-refractivity contribution in [1.29, 1.82) is 0 Å². The third-order valence-electron chi connectivity index (χ3n) is 3.12. The van der Waals surface area contributed by atoms with Crippen LogP contribution in [0.5, 0.6) is 0 Å². The SMILES string of the molecule is CN(CCCC(=O)O)C1CSCC(C)(C)C1. The van der Waals surface area contributed by atoms with E-state index in [0.717, 1.165) is 13.0 Å². The molecule has 0 aromatic carbocycles. The summed E-state index contributed by atoms with van der Waals surface area (Å²) in [6.45, 7) is 5.53. The van der Waals surface area contributed by atoms with Gasteiger partial charge in [-0.2, -0.15) is 11.8 Å². The maximum atomic E-state index is 10.4. The van der Waals surface area contributed by atoms with Crippen LogP contribution >= 0.6 is 11.8 Å². The molecule has 1 unspecified atom stereocenters. The van der Waals surface area contributed by atoms with Gasteiger partial charge >= 0.3 is 5.97 Å². The van der Waals surface area contributed by atoms with E-state index in [1.54, 1.807) is 0 Å². The van der Waals surface area contributed by atoms with Gasteiger partial charge in [-0.05, 0) is 37.6 Å². The van der Waals surface area contributed by atoms with Crippen LogP contribution in [0.3, 0.4) is 0 Å². The minimum absolute atomic E-state index is 0.285. The highest BCUT2D eigenvalue weighted by Gasteiger charge is 2.30. The molecule has 1 atom stereocenters. The zero-order valence-electron chi connectivity index (χ0n) is 10.5. The van der Waals surface area contributed by atoms with Crippen LogP contribution in [0.2, 0.25) is 0 Å². The molecule has 0 aromatic rings. The lowest BCUT2D eigenvalue weighted by molar-refractivity contribution is -0.137. The number of aliphatic carboxylic acids is 1. The summed E-state index contributed by atoms with van der Waals surface area (Å²) >= 11 is 2.02. The molecule has 1 heterocycles. The van der Waals surface area contributed by atoms with Gasteiger partial charge in [0.15, 0.2) is 0 Å². The van der Waals surface area contributed by atoms with Crippen molar-refractivity contribution < 1.29 is 9.90 Å². The fraction of sp³-hybridized carbons (Fsp3) is 0.917. The highest BCUT2D eigenvalue weighted by atomic mass is 32.2. The number of rotatable bonds is 5. The minimum atomic E-state index is -0.688. The first kappa shape index (κ1) is 13.8. The van der Waals surface area contributed by atoms with Crippen LogP contribution in [0.15, 0.2) is 0 Å². The zero-order chi connectivity index (χ0) is 12.2. The Morgan fingerprint density at radius 1 is 1.56 bits per heavy atom. The van der Waals surface area contributed by atoms with Gasteiger partial charge in [0.2, 0.25) is 0 Å². The topological polar surface area (TPSA) is 40.5 Å². The molecule has 1 N–H and O–H groups in total. The lowest BCUT2D eigenvalue weighted by Gasteiger charge is -2.39. The number of thioether (sulfide) groups is 1. The highest BCUT2D eigenvalue weighted by molar-refractivity contribution is 7.99. The van der Waals surface area contributed by atoms with Crippen molar-refractivity contribution in [2.24, 2.45) is 5.41 Å². The predicted octanol–water partition coefficient (Wildman–Crippen LogP) is 2.31. The number of carboxylic acid groups (broad SMARTS) is 1. The third kappa shape index (κ3) is 4.74. The minimum Gasteiger partial charge on any atom is -0.481 e. The molecule has 0 amide bonds. The van der Waals surface area contributed by atoms with E-state index in [0.29, 0.717) is 11.5 Å². The summed E-state index contributed by atoms with van der Waals surface area (Å²) in [6, 6.07) is 0.613. The molecular weight excluding hydrogens is 222 g/mol. The predicted molar refractivity (Wildman–Crippen MR) is 69.0 cm³/mol. The summed E-state index contributed by atoms with van der Waals surface area (Å²) in [7, 11) is 2.12. The van der Waals surface area contributed by atoms with Crippen LogP contribution in [0.4, 0.5) is 0 Å². The Kier molecular flexibility index (Phi) is 5.12. The first-order chi connectivity index (χ1) is 7.41. The van der Waals surface area contributed by atoms with Crippen molar-refractivity contribution >= 4 is 17.7 Å². The second-order valence-electron chi connectivity index (χ2n) is 5.52. The Balaban J connectivity index is 2.30. The van der Waals surface area contributed by atoms with Crippen LogP contribution in [-0.2, 0) is 4.79 Å². The molecule has 1 rings (SSSR count). The van der Waals surface area contributed by atoms with Crippen LogP contribution in [0, 0.1) is 5.41 Å². The fourth-order valence-electron chi connectivity index (χ4n) is 2.17. The van der Waals surface area contributed by atoms with E-state index < -0.39 is 5.97 Å². The smallest absolute Gasteiger partial charge is 0.303 e. The number of carboxylic acids is 1. The maximum absolute atomic E-state index is 10.4. The molecule has 3 nitrogen and oxygen atoms in total. The van der Waals surface area contributed by atoms with E-state index in [4.69, 9.17) is 5.11 Å². The molecule has 1 aliphatic heterocycles. The van der Waals surface area contributed by atoms with Crippen LogP contribution in [0.25, 0.3) is 0 Å². The average Bonchev–Trinajstić information content (AvgIpc) is 2.15. The molecule has 0 aliphatic carbocycles. The van der Waals surface area contributed by atoms with Gasteiger partial charge in [-0.25, -0.2) is 0 Å². The summed E-state index contributed by atoms with van der Waals surface area (Å²) in [5, 5.41) is 8.60. The second-order valence-corrected chi connectivity index (χ2v) is 6.55. The molecule has 0 saturated carbocycles. The van der Waals surface area contributed by atoms with Gasteiger partial charge in [-0.3, -0.25) is 4.79 Å². The first-order valence-electron chi connectivity index (χ1n) is 5.90. The van der Waals surface area contributed by atoms with Crippen LogP contribution < -0.4 is 0 Å². The van der Waals surface area contributed by atoms with Gasteiger partial charge in [0.1, 0.15) is 0 Å². The van der Waals surface area contributed by atoms with E-state index in [9.17, 15) is 4.79 Å². The molecule has 1 fully saturated rings. The number of carbonyl (C=O) groups is 1. The largest absolute Gasteiger partial charge is 0.481 e. The molecule has 1 aliphatic rings. The molecule has 16 heavy (non-hydrogen) atoms. The van der Waals surface area contributed by atoms with Crippen molar-refractivity contribution in [1.82, 2.24) is 4.90 Å². The number of hydrogen-bond acceptors (Lipinski definition) is 3. The Morgan fingerprint density at radius 2 is 2.25 bits per heavy atom. The van der Waals surface area contributed by atoms with Crippen molar-refractivity contribution in [3.63, 3.8) is 0 Å². The van der Waals surface area contributed by atoms with Crippen molar-refractivity contribution in [3.05, 3.63) is 0 Å². The Morgan fingerprint density at radius 3 is 2.81 bits per heavy atom. The number of nitrogens with zero attached hydrogens (tertiary/aromatic N) is 1. The molecule has 0 spiro atoms. The van der Waals surface area contributed by atoms with Gasteiger partial charge in [0.25, 0.3) is 0 Å². The summed E-state index contributed by atoms with van der Waals surface area (Å²) in [5.41, 5.74) is 0.425. The summed E-state index contributed by atoms with van der Waals surface area (Å²) in [6.07, 6.45) is 2.27. The Hall–Kier alpha value is -0.220. The van der Waals surface area contributed by atoms with E-state index in [1.807, 2.05) is 11.8 Å². The van der Waals surface area contributed by atoms with Gasteiger partial charge in [0.05, 0.1) is 0 Å². The summed E-state index contributed by atoms with van der Waals surface area (Å²) in [5.74, 6) is 1.74. The zero-order valence-corrected chi connectivity index (χ0v) is 11.3. The molecule has 94 valence electrons. The summed E-state index contributed by atoms with van der Waals surface area (Å²) < 4.78 is 0. The van der Waals surface area contributed by atoms with Crippen molar-refractivity contribution in [3.8, 4) is 0 Å². The average molecular weight is 245 g/mol. The van der Waals surface area contributed by atoms with Crippen molar-refractivity contribution in [2.75, 3.05) is 25.1 Å². The highest BCUT2D eigenvalue weighted by Crippen LogP contribution is 2.35. The molecule has 0 bridgehead atoms. The van der Waals surface area contributed by atoms with E-state index in [-0.39, 0.29) is 6.42 Å². The van der Waals surface area contributed by atoms with Gasteiger partial charge in [-0.1, -0.05) is 13.8 Å². The van der Waals surface area contributed by atoms with E-state index in [1.165, 1.54) is 17.9 Å². The monoisotopic (exact) mass is 245 g/mol. The lowest BCUT2D eigenvalue weighted by atomic mass is 9.87. The number of hydrogen-bond donors (Lipinski definition) is 1. The first-order valence-corrected chi connectivity index (χ1v) is 7.06. The maximum Gasteiger partial charge on any atom is 0.303 e. The Bertz CT molecular complexity index is 243. The molecule has 0 radical (unpaired) electrons. The van der Waals surface area contributed by atoms with E-state index >= 15 is 0 Å². The van der Waals surface area contributed by atoms with E-state index in [2.05, 4.69) is 25.8 Å². The van der Waals surface area contributed by atoms with Gasteiger partial charge < -0.3 is 10.0 Å². The van der Waals surface area contributed by atoms with Crippen molar-refractivity contribution in [2.45, 2.75) is 39.2 Å². The third-order valence-corrected chi connectivity index (χ3v) is 4.72. The lowest BCUT2D eigenvalue weighted by Crippen LogP contribution is -2.42. The van der Waals surface area contributed by atoms with Gasteiger partial charge in [-0.15, -0.1) is 0 Å². The summed E-state index contributed by atoms with van der Waals surface area (Å²) in [4.78, 5) is 12.8. The van der Waals surface area contributed by atoms with Gasteiger partial charge in [0, 0.05) is 18.2 Å². The molecule has 4 heteroatoms. The fourth-order valence-corrected chi connectivity index (χ4v) is 3.60. The molecule has 1 saturated heterocycles. The standard InChI is InChI=1S/C12H23NO2S/c1-12(2)7-10(8-16-9-12)13(3)6-4-5-11(14)15/h10H,4-9H2,1-3H3,(H,14,15). The van der Waals surface area contributed by atoms with Crippen LogP contribution in [-0.4, -0.2) is 47.1 Å². The second kappa shape index (κ2) is 5.92. The Labute approximate surface area is 103 Å². The molecular formula is C12H23NO2S. The van der Waals surface area contributed by atoms with Crippen LogP contribution in [0.1, 0.15) is 33.1 Å². The quantitative estimate of drug-likeness (QED) is 0.807. The molecule has 0 aromatic heterocycles.